The van der Waals surface area contributed by atoms with Gasteiger partial charge in [0.05, 0.1) is 17.4 Å². The van der Waals surface area contributed by atoms with Crippen LogP contribution < -0.4 is 4.74 Å². The summed E-state index contributed by atoms with van der Waals surface area (Å²) in [4.78, 5) is 39.8. The van der Waals surface area contributed by atoms with E-state index < -0.39 is 40.2 Å². The van der Waals surface area contributed by atoms with E-state index in [-0.39, 0.29) is 47.8 Å². The minimum atomic E-state index is -4.55. The molecule has 7 rings (SSSR count). The van der Waals surface area contributed by atoms with Crippen LogP contribution in [0.15, 0.2) is 76.6 Å². The van der Waals surface area contributed by atoms with Gasteiger partial charge in [-0.3, -0.25) is 9.59 Å². The number of alkyl halides is 3. The first-order valence-electron chi connectivity index (χ1n) is 13.0. The van der Waals surface area contributed by atoms with Gasteiger partial charge in [0.2, 0.25) is 0 Å². The van der Waals surface area contributed by atoms with E-state index >= 15 is 0 Å². The lowest BCUT2D eigenvalue weighted by atomic mass is 9.88. The zero-order valence-electron chi connectivity index (χ0n) is 20.9. The fraction of sp³-hybridized carbons (Fsp3) is 0.333. The number of carbonyl (C=O) groups excluding carboxylic acids is 3. The quantitative estimate of drug-likeness (QED) is 0.356. The third-order valence-corrected chi connectivity index (χ3v) is 10.8. The number of ether oxygens (including phenoxy) is 3. The second-order valence-electron chi connectivity index (χ2n) is 10.6. The van der Waals surface area contributed by atoms with E-state index in [1.807, 2.05) is 12.2 Å². The highest BCUT2D eigenvalue weighted by molar-refractivity contribution is 8.16. The molecule has 0 N–H and O–H groups in total. The van der Waals surface area contributed by atoms with E-state index in [2.05, 4.69) is 0 Å². The van der Waals surface area contributed by atoms with Crippen molar-refractivity contribution in [2.75, 3.05) is 6.61 Å². The Labute approximate surface area is 229 Å². The van der Waals surface area contributed by atoms with E-state index in [0.29, 0.717) is 17.1 Å². The summed E-state index contributed by atoms with van der Waals surface area (Å²) in [5.41, 5.74) is -0.774. The molecule has 2 aromatic carbocycles. The van der Waals surface area contributed by atoms with Crippen molar-refractivity contribution in [1.82, 2.24) is 0 Å². The number of benzene rings is 2. The third-order valence-electron chi connectivity index (χ3n) is 8.39. The van der Waals surface area contributed by atoms with Crippen LogP contribution in [0.3, 0.4) is 0 Å². The predicted octanol–water partition coefficient (Wildman–Crippen LogP) is 5.38. The van der Waals surface area contributed by atoms with E-state index in [4.69, 9.17) is 14.2 Å². The van der Waals surface area contributed by atoms with Crippen molar-refractivity contribution in [2.45, 2.75) is 41.0 Å². The molecule has 2 aliphatic heterocycles. The number of Topliss-reactive ketones (excluding diaryl/α,β-unsaturated/α-hetero) is 1. The molecule has 3 fully saturated rings. The van der Waals surface area contributed by atoms with Crippen molar-refractivity contribution < 1.29 is 41.8 Å². The Hall–Kier alpha value is -3.66. The van der Waals surface area contributed by atoms with Crippen LogP contribution in [0, 0.1) is 23.7 Å². The first kappa shape index (κ1) is 25.3. The van der Waals surface area contributed by atoms with Crippen molar-refractivity contribution in [3.63, 3.8) is 0 Å². The number of hydrogen-bond donors (Lipinski definition) is 0. The van der Waals surface area contributed by atoms with Crippen LogP contribution in [0.4, 0.5) is 13.2 Å². The fourth-order valence-corrected chi connectivity index (χ4v) is 9.06. The Morgan fingerprint density at radius 2 is 1.85 bits per heavy atom. The van der Waals surface area contributed by atoms with E-state index in [1.54, 1.807) is 36.4 Å². The summed E-state index contributed by atoms with van der Waals surface area (Å²) < 4.78 is 57.0. The van der Waals surface area contributed by atoms with Crippen LogP contribution in [0.1, 0.15) is 28.8 Å². The number of ketones is 1. The first-order valence-corrected chi connectivity index (χ1v) is 14.3. The number of halogens is 3. The molecule has 206 valence electrons. The standard InChI is InChI=1S/C30H23F3O6S/c31-30(32,33)16-5-10-24-22(13-16)26(35)19-3-1-2-4-23(19)40(24)18-8-6-17(7-9-18)37-14-25(34)38-27-15-11-20-21(12-15)29(36)39-28(20)27/h1-10,13,15,19-21,27-28H,11-12,14H2. The Bertz CT molecular complexity index is 1540. The van der Waals surface area contributed by atoms with Gasteiger partial charge in [-0.1, -0.05) is 24.3 Å². The second-order valence-corrected chi connectivity index (χ2v) is 12.6. The predicted molar refractivity (Wildman–Crippen MR) is 138 cm³/mol. The maximum atomic E-state index is 13.4. The minimum absolute atomic E-state index is 0.0602. The Morgan fingerprint density at radius 1 is 1.05 bits per heavy atom. The number of carbonyl (C=O) groups is 3. The lowest BCUT2D eigenvalue weighted by Gasteiger charge is -2.29. The zero-order chi connectivity index (χ0) is 27.8. The topological polar surface area (TPSA) is 78.9 Å². The van der Waals surface area contributed by atoms with Crippen LogP contribution in [0.25, 0.3) is 0 Å². The molecule has 2 aromatic rings. The summed E-state index contributed by atoms with van der Waals surface area (Å²) in [6.07, 6.45) is 3.30. The summed E-state index contributed by atoms with van der Waals surface area (Å²) in [5, 5.41) is 0. The molecule has 10 heteroatoms. The Morgan fingerprint density at radius 3 is 2.62 bits per heavy atom. The summed E-state index contributed by atoms with van der Waals surface area (Å²) in [6, 6.07) is 10.3. The van der Waals surface area contributed by atoms with Gasteiger partial charge in [-0.25, -0.2) is 4.79 Å². The van der Waals surface area contributed by atoms with Crippen LogP contribution in [0.2, 0.25) is 0 Å². The van der Waals surface area contributed by atoms with Crippen molar-refractivity contribution in [3.8, 4) is 5.75 Å². The van der Waals surface area contributed by atoms with Gasteiger partial charge in [0.1, 0.15) is 18.0 Å². The molecule has 1 saturated heterocycles. The number of fused-ring (bicyclic) bond motifs is 3. The summed E-state index contributed by atoms with van der Waals surface area (Å²) in [7, 11) is -0.783. The Balaban J connectivity index is 1.09. The molecule has 0 radical (unpaired) electrons. The molecule has 0 amide bonds. The molecule has 7 atom stereocenters. The average Bonchev–Trinajstić information content (AvgIpc) is 3.58. The van der Waals surface area contributed by atoms with Gasteiger partial charge < -0.3 is 14.2 Å². The number of allylic oxidation sites excluding steroid dienone is 4. The largest absolute Gasteiger partial charge is 0.482 e. The SMILES string of the molecule is O=C(COc1ccc(S2=C3C=CC=CC3C(=O)c3cc(C(F)(F)F)ccc32)cc1)OC1C2CC3C(=O)OC1C3C2. The van der Waals surface area contributed by atoms with Crippen LogP contribution in [-0.2, 0) is 25.2 Å². The normalized spacial score (nSPS) is 31.2. The molecule has 40 heavy (non-hydrogen) atoms. The van der Waals surface area contributed by atoms with Crippen molar-refractivity contribution in [1.29, 1.82) is 0 Å². The van der Waals surface area contributed by atoms with Gasteiger partial charge in [0.25, 0.3) is 0 Å². The van der Waals surface area contributed by atoms with E-state index in [0.717, 1.165) is 28.3 Å². The van der Waals surface area contributed by atoms with Crippen molar-refractivity contribution in [3.05, 3.63) is 77.9 Å². The van der Waals surface area contributed by atoms with Gasteiger partial charge in [-0.05, 0) is 60.2 Å². The molecule has 2 saturated carbocycles. The monoisotopic (exact) mass is 568 g/mol. The van der Waals surface area contributed by atoms with Crippen molar-refractivity contribution >= 4 is 33.1 Å². The highest BCUT2D eigenvalue weighted by Gasteiger charge is 2.63. The summed E-state index contributed by atoms with van der Waals surface area (Å²) in [5.74, 6) is -1.08. The summed E-state index contributed by atoms with van der Waals surface area (Å²) >= 11 is 0. The van der Waals surface area contributed by atoms with Gasteiger partial charge in [-0.2, -0.15) is 13.2 Å². The highest BCUT2D eigenvalue weighted by atomic mass is 32.2. The maximum Gasteiger partial charge on any atom is 0.416 e. The molecule has 2 bridgehead atoms. The van der Waals surface area contributed by atoms with E-state index in [1.165, 1.54) is 6.07 Å². The smallest absolute Gasteiger partial charge is 0.416 e. The molecule has 3 aliphatic carbocycles. The molecule has 6 nitrogen and oxygen atoms in total. The van der Waals surface area contributed by atoms with Gasteiger partial charge in [-0.15, -0.1) is 10.5 Å². The van der Waals surface area contributed by atoms with Gasteiger partial charge >= 0.3 is 18.1 Å². The second kappa shape index (κ2) is 9.19. The number of hydrogen-bond acceptors (Lipinski definition) is 6. The van der Waals surface area contributed by atoms with Gasteiger partial charge in [0.15, 0.2) is 12.4 Å². The average molecular weight is 569 g/mol. The molecule has 0 spiro atoms. The Kier molecular flexibility index (Phi) is 5.82. The van der Waals surface area contributed by atoms with Crippen LogP contribution in [0.5, 0.6) is 5.75 Å². The van der Waals surface area contributed by atoms with E-state index in [9.17, 15) is 27.6 Å². The highest BCUT2D eigenvalue weighted by Crippen LogP contribution is 2.55. The maximum absolute atomic E-state index is 13.4. The molecular formula is C30H23F3O6S. The minimum Gasteiger partial charge on any atom is -0.482 e. The van der Waals surface area contributed by atoms with Crippen LogP contribution in [-0.4, -0.2) is 41.4 Å². The number of esters is 2. The molecular weight excluding hydrogens is 545 g/mol. The number of rotatable bonds is 5. The third kappa shape index (κ3) is 4.03. The molecule has 5 aliphatic rings. The molecule has 7 unspecified atom stereocenters. The van der Waals surface area contributed by atoms with Gasteiger partial charge in [0, 0.05) is 27.2 Å². The van der Waals surface area contributed by atoms with Crippen molar-refractivity contribution in [2.24, 2.45) is 23.7 Å². The molecule has 2 heterocycles. The molecule has 0 aromatic heterocycles. The summed E-state index contributed by atoms with van der Waals surface area (Å²) in [6.45, 7) is -0.312. The fourth-order valence-electron chi connectivity index (χ4n) is 6.63. The lowest BCUT2D eigenvalue weighted by molar-refractivity contribution is -0.163. The zero-order valence-corrected chi connectivity index (χ0v) is 21.7. The van der Waals surface area contributed by atoms with Crippen LogP contribution >= 0.6 is 10.5 Å². The lowest BCUT2D eigenvalue weighted by Crippen LogP contribution is -2.37. The first-order chi connectivity index (χ1) is 19.2.